The minimum atomic E-state index is -0.0965. The highest BCUT2D eigenvalue weighted by molar-refractivity contribution is 7.15. The van der Waals surface area contributed by atoms with Crippen molar-refractivity contribution in [2.45, 2.75) is 26.3 Å². The maximum absolute atomic E-state index is 11.1. The molecule has 1 unspecified atom stereocenters. The molecule has 0 aromatic carbocycles. The van der Waals surface area contributed by atoms with Gasteiger partial charge in [0.15, 0.2) is 5.13 Å². The van der Waals surface area contributed by atoms with Crippen LogP contribution in [0.5, 0.6) is 0 Å². The minimum absolute atomic E-state index is 0.0965. The van der Waals surface area contributed by atoms with Crippen molar-refractivity contribution in [1.29, 1.82) is 5.26 Å². The molecule has 7 heteroatoms. The van der Waals surface area contributed by atoms with Gasteiger partial charge >= 0.3 is 0 Å². The lowest BCUT2D eigenvalue weighted by Gasteiger charge is -2.14. The van der Waals surface area contributed by atoms with Gasteiger partial charge in [0, 0.05) is 37.3 Å². The van der Waals surface area contributed by atoms with E-state index in [1.54, 1.807) is 12.3 Å². The minimum Gasteiger partial charge on any atom is -0.302 e. The van der Waals surface area contributed by atoms with Crippen molar-refractivity contribution >= 4 is 22.4 Å². The van der Waals surface area contributed by atoms with Gasteiger partial charge < -0.3 is 5.32 Å². The van der Waals surface area contributed by atoms with Crippen molar-refractivity contribution in [3.63, 3.8) is 0 Å². The van der Waals surface area contributed by atoms with E-state index in [9.17, 15) is 4.79 Å². The summed E-state index contributed by atoms with van der Waals surface area (Å²) in [5, 5.41) is 12.5. The summed E-state index contributed by atoms with van der Waals surface area (Å²) in [6.45, 7) is 4.36. The van der Waals surface area contributed by atoms with Crippen LogP contribution in [0.4, 0.5) is 5.13 Å². The summed E-state index contributed by atoms with van der Waals surface area (Å²) in [5.41, 5.74) is 1.58. The van der Waals surface area contributed by atoms with Gasteiger partial charge in [0.2, 0.25) is 5.91 Å². The van der Waals surface area contributed by atoms with Crippen LogP contribution in [-0.2, 0) is 17.8 Å². The van der Waals surface area contributed by atoms with E-state index in [0.29, 0.717) is 16.6 Å². The number of nitrogens with one attached hydrogen (secondary N) is 1. The van der Waals surface area contributed by atoms with Crippen LogP contribution >= 0.6 is 11.3 Å². The number of nitrogens with zero attached hydrogens (tertiary/aromatic N) is 4. The monoisotopic (exact) mass is 341 g/mol. The highest BCUT2D eigenvalue weighted by Gasteiger charge is 2.24. The summed E-state index contributed by atoms with van der Waals surface area (Å²) in [6, 6.07) is 5.86. The van der Waals surface area contributed by atoms with Crippen molar-refractivity contribution < 1.29 is 4.79 Å². The first-order valence-electron chi connectivity index (χ1n) is 7.92. The fraction of sp³-hybridized carbons (Fsp3) is 0.412. The molecule has 0 bridgehead atoms. The number of nitriles is 1. The number of amides is 1. The molecule has 0 spiro atoms. The third-order valence-corrected chi connectivity index (χ3v) is 4.98. The molecule has 1 N–H and O–H groups in total. The molecule has 0 saturated carbocycles. The smallest absolute Gasteiger partial charge is 0.223 e. The zero-order valence-corrected chi connectivity index (χ0v) is 14.3. The number of hydrogen-bond acceptors (Lipinski definition) is 6. The van der Waals surface area contributed by atoms with Crippen LogP contribution in [-0.4, -0.2) is 33.9 Å². The molecule has 1 amide bonds. The molecule has 3 heterocycles. The van der Waals surface area contributed by atoms with Crippen LogP contribution in [0.15, 0.2) is 24.5 Å². The number of carbonyl (C=O) groups excluding carboxylic acids is 1. The highest BCUT2D eigenvalue weighted by Crippen LogP contribution is 2.25. The second-order valence-corrected chi connectivity index (χ2v) is 7.13. The first-order chi connectivity index (χ1) is 11.6. The first kappa shape index (κ1) is 16.6. The summed E-state index contributed by atoms with van der Waals surface area (Å²) in [7, 11) is 0. The molecule has 1 saturated heterocycles. The van der Waals surface area contributed by atoms with Crippen LogP contribution in [0.3, 0.4) is 0 Å². The lowest BCUT2D eigenvalue weighted by Crippen LogP contribution is -2.20. The molecule has 24 heavy (non-hydrogen) atoms. The summed E-state index contributed by atoms with van der Waals surface area (Å²) < 4.78 is 0. The number of pyridine rings is 1. The molecule has 2 aromatic heterocycles. The second-order valence-electron chi connectivity index (χ2n) is 6.02. The molecule has 1 atom stereocenters. The molecule has 0 radical (unpaired) electrons. The van der Waals surface area contributed by atoms with Crippen molar-refractivity contribution in [2.24, 2.45) is 5.92 Å². The topological polar surface area (TPSA) is 81.9 Å². The molecule has 1 aliphatic rings. The third-order valence-electron chi connectivity index (χ3n) is 4.08. The molecule has 2 aromatic rings. The number of thiazole rings is 1. The van der Waals surface area contributed by atoms with Crippen LogP contribution in [0.25, 0.3) is 0 Å². The number of hydrogen-bond donors (Lipinski definition) is 1. The summed E-state index contributed by atoms with van der Waals surface area (Å²) >= 11 is 1.52. The van der Waals surface area contributed by atoms with E-state index in [1.807, 2.05) is 12.3 Å². The fourth-order valence-corrected chi connectivity index (χ4v) is 3.91. The Hall–Kier alpha value is -2.30. The Labute approximate surface area is 145 Å². The number of aromatic nitrogens is 2. The Morgan fingerprint density at radius 2 is 2.42 bits per heavy atom. The second kappa shape index (κ2) is 7.51. The Bertz CT molecular complexity index is 766. The van der Waals surface area contributed by atoms with E-state index >= 15 is 0 Å². The quantitative estimate of drug-likeness (QED) is 0.903. The molecular weight excluding hydrogens is 322 g/mol. The van der Waals surface area contributed by atoms with E-state index in [-0.39, 0.29) is 5.91 Å². The lowest BCUT2D eigenvalue weighted by atomic mass is 10.00. The fourth-order valence-electron chi connectivity index (χ4n) is 3.01. The van der Waals surface area contributed by atoms with E-state index in [1.165, 1.54) is 18.3 Å². The molecular formula is C17H19N5OS. The number of likely N-dealkylation sites (tertiary alicyclic amines) is 1. The Balaban J connectivity index is 1.55. The van der Waals surface area contributed by atoms with E-state index in [4.69, 9.17) is 5.26 Å². The molecule has 0 aliphatic carbocycles. The summed E-state index contributed by atoms with van der Waals surface area (Å²) in [5.74, 6) is 0.426. The van der Waals surface area contributed by atoms with Gasteiger partial charge in [0.25, 0.3) is 0 Å². The molecule has 6 nitrogen and oxygen atoms in total. The van der Waals surface area contributed by atoms with Gasteiger partial charge in [0.1, 0.15) is 6.07 Å². The van der Waals surface area contributed by atoms with Crippen LogP contribution < -0.4 is 5.32 Å². The molecule has 3 rings (SSSR count). The van der Waals surface area contributed by atoms with Crippen LogP contribution in [0, 0.1) is 17.2 Å². The molecule has 1 fully saturated rings. The number of anilines is 1. The average Bonchev–Trinajstić information content (AvgIpc) is 3.17. The normalized spacial score (nSPS) is 17.6. The van der Waals surface area contributed by atoms with Crippen molar-refractivity contribution in [3.05, 3.63) is 40.7 Å². The maximum Gasteiger partial charge on any atom is 0.223 e. The number of carbonyl (C=O) groups is 1. The van der Waals surface area contributed by atoms with Crippen molar-refractivity contribution in [1.82, 2.24) is 14.9 Å². The van der Waals surface area contributed by atoms with Gasteiger partial charge in [-0.2, -0.15) is 5.26 Å². The molecule has 124 valence electrons. The zero-order valence-electron chi connectivity index (χ0n) is 13.5. The summed E-state index contributed by atoms with van der Waals surface area (Å²) in [4.78, 5) is 23.2. The number of rotatable bonds is 5. The zero-order chi connectivity index (χ0) is 16.9. The first-order valence-corrected chi connectivity index (χ1v) is 8.74. The van der Waals surface area contributed by atoms with Gasteiger partial charge in [-0.15, -0.1) is 11.3 Å². The summed E-state index contributed by atoms with van der Waals surface area (Å²) in [6.07, 6.45) is 5.54. The highest BCUT2D eigenvalue weighted by atomic mass is 32.1. The van der Waals surface area contributed by atoms with Crippen LogP contribution in [0.2, 0.25) is 0 Å². The maximum atomic E-state index is 11.1. The van der Waals surface area contributed by atoms with E-state index in [2.05, 4.69) is 26.3 Å². The van der Waals surface area contributed by atoms with Crippen molar-refractivity contribution in [3.8, 4) is 6.07 Å². The SMILES string of the molecule is CC(=O)Nc1ncc(CN2CCC(Cc3ncccc3C#N)C2)s1. The van der Waals surface area contributed by atoms with Gasteiger partial charge in [-0.1, -0.05) is 0 Å². The average molecular weight is 341 g/mol. The van der Waals surface area contributed by atoms with E-state index in [0.717, 1.165) is 43.0 Å². The standard InChI is InChI=1S/C17H19N5OS/c1-12(23)21-17-20-9-15(24-17)11-22-6-4-13(10-22)7-16-14(8-18)3-2-5-19-16/h2-3,5,9,13H,4,6-7,10-11H2,1H3,(H,20,21,23). The van der Waals surface area contributed by atoms with Crippen LogP contribution in [0.1, 0.15) is 29.5 Å². The van der Waals surface area contributed by atoms with Crippen molar-refractivity contribution in [2.75, 3.05) is 18.4 Å². The molecule has 1 aliphatic heterocycles. The Morgan fingerprint density at radius 3 is 3.21 bits per heavy atom. The predicted octanol–water partition coefficient (Wildman–Crippen LogP) is 2.43. The lowest BCUT2D eigenvalue weighted by molar-refractivity contribution is -0.114. The predicted molar refractivity (Wildman–Crippen MR) is 92.5 cm³/mol. The third kappa shape index (κ3) is 4.16. The van der Waals surface area contributed by atoms with Gasteiger partial charge in [0.05, 0.1) is 11.3 Å². The van der Waals surface area contributed by atoms with E-state index < -0.39 is 0 Å². The Morgan fingerprint density at radius 1 is 1.54 bits per heavy atom. The Kier molecular flexibility index (Phi) is 5.18. The van der Waals surface area contributed by atoms with Gasteiger partial charge in [-0.25, -0.2) is 4.98 Å². The largest absolute Gasteiger partial charge is 0.302 e. The van der Waals surface area contributed by atoms with Gasteiger partial charge in [-0.05, 0) is 37.4 Å². The van der Waals surface area contributed by atoms with Gasteiger partial charge in [-0.3, -0.25) is 14.7 Å².